The molecule has 1 aromatic rings. The molecule has 0 amide bonds. The second-order valence-electron chi connectivity index (χ2n) is 4.39. The van der Waals surface area contributed by atoms with Crippen LogP contribution >= 0.6 is 0 Å². The molecule has 0 aliphatic rings. The largest absolute Gasteiger partial charge is 0.396 e. The van der Waals surface area contributed by atoms with Crippen LogP contribution in [0.5, 0.6) is 0 Å². The Morgan fingerprint density at radius 3 is 2.20 bits per heavy atom. The van der Waals surface area contributed by atoms with Crippen molar-refractivity contribution in [2.24, 2.45) is 0 Å². The Morgan fingerprint density at radius 2 is 1.65 bits per heavy atom. The molecule has 7 heteroatoms. The summed E-state index contributed by atoms with van der Waals surface area (Å²) in [5, 5.41) is 11.7. The first kappa shape index (κ1) is 16.8. The van der Waals surface area contributed by atoms with E-state index in [1.54, 1.807) is 0 Å². The van der Waals surface area contributed by atoms with Gasteiger partial charge >= 0.3 is 5.76 Å². The molecule has 0 fully saturated rings. The standard InChI is InChI=1S/C13H19F2NO3S/c14-13(15)20(18,19)12-7-5-11(6-8-12)16-9-3-1-2-4-10-17/h5-8,13,16-17H,1-4,9-10H2. The summed E-state index contributed by atoms with van der Waals surface area (Å²) in [6.45, 7) is 0.917. The maximum Gasteiger partial charge on any atom is 0.341 e. The normalized spacial score (nSPS) is 11.8. The van der Waals surface area contributed by atoms with Gasteiger partial charge in [-0.1, -0.05) is 12.8 Å². The van der Waals surface area contributed by atoms with Gasteiger partial charge in [0.05, 0.1) is 4.90 Å². The lowest BCUT2D eigenvalue weighted by molar-refractivity contribution is 0.234. The molecule has 0 bridgehead atoms. The number of sulfone groups is 1. The number of aliphatic hydroxyl groups excluding tert-OH is 1. The van der Waals surface area contributed by atoms with Crippen LogP contribution in [0.1, 0.15) is 25.7 Å². The van der Waals surface area contributed by atoms with E-state index in [-0.39, 0.29) is 11.5 Å². The third-order valence-corrected chi connectivity index (χ3v) is 4.23. The van der Waals surface area contributed by atoms with Crippen molar-refractivity contribution in [3.8, 4) is 0 Å². The van der Waals surface area contributed by atoms with Crippen molar-refractivity contribution < 1.29 is 22.3 Å². The Bertz CT molecular complexity index is 489. The number of hydrogen-bond donors (Lipinski definition) is 2. The number of rotatable bonds is 9. The number of nitrogens with one attached hydrogen (secondary N) is 1. The zero-order valence-corrected chi connectivity index (χ0v) is 11.9. The van der Waals surface area contributed by atoms with Crippen molar-refractivity contribution in [1.29, 1.82) is 0 Å². The highest BCUT2D eigenvalue weighted by atomic mass is 32.2. The van der Waals surface area contributed by atoms with Gasteiger partial charge in [0.1, 0.15) is 0 Å². The van der Waals surface area contributed by atoms with E-state index in [1.807, 2.05) is 0 Å². The first-order valence-corrected chi connectivity index (χ1v) is 8.00. The molecule has 0 saturated carbocycles. The fourth-order valence-electron chi connectivity index (χ4n) is 1.69. The third-order valence-electron chi connectivity index (χ3n) is 2.83. The minimum absolute atomic E-state index is 0.202. The van der Waals surface area contributed by atoms with Crippen LogP contribution in [0.4, 0.5) is 14.5 Å². The van der Waals surface area contributed by atoms with Gasteiger partial charge in [0.15, 0.2) is 0 Å². The maximum absolute atomic E-state index is 12.3. The molecular formula is C13H19F2NO3S. The van der Waals surface area contributed by atoms with Crippen LogP contribution < -0.4 is 5.32 Å². The number of hydrogen-bond acceptors (Lipinski definition) is 4. The Morgan fingerprint density at radius 1 is 1.05 bits per heavy atom. The Balaban J connectivity index is 2.44. The van der Waals surface area contributed by atoms with Gasteiger partial charge in [-0.15, -0.1) is 0 Å². The molecule has 0 spiro atoms. The molecule has 0 aromatic heterocycles. The topological polar surface area (TPSA) is 66.4 Å². The summed E-state index contributed by atoms with van der Waals surface area (Å²) in [6.07, 6.45) is 3.67. The summed E-state index contributed by atoms with van der Waals surface area (Å²) in [5.74, 6) is -3.40. The molecule has 0 aliphatic carbocycles. The van der Waals surface area contributed by atoms with Gasteiger partial charge in [-0.3, -0.25) is 0 Å². The van der Waals surface area contributed by atoms with E-state index in [0.29, 0.717) is 12.2 Å². The van der Waals surface area contributed by atoms with E-state index >= 15 is 0 Å². The van der Waals surface area contributed by atoms with Gasteiger partial charge in [-0.05, 0) is 37.1 Å². The molecule has 1 rings (SSSR count). The van der Waals surface area contributed by atoms with Crippen LogP contribution in [0, 0.1) is 0 Å². The molecule has 0 heterocycles. The van der Waals surface area contributed by atoms with Crippen molar-refractivity contribution in [3.63, 3.8) is 0 Å². The molecule has 1 aromatic carbocycles. The van der Waals surface area contributed by atoms with Crippen LogP contribution in [-0.4, -0.2) is 32.4 Å². The Kier molecular flexibility index (Phi) is 6.87. The summed E-state index contributed by atoms with van der Waals surface area (Å²) in [7, 11) is -4.51. The fraction of sp³-hybridized carbons (Fsp3) is 0.538. The zero-order chi connectivity index (χ0) is 15.0. The minimum atomic E-state index is -4.51. The predicted octanol–water partition coefficient (Wildman–Crippen LogP) is 2.65. The van der Waals surface area contributed by atoms with Gasteiger partial charge < -0.3 is 10.4 Å². The van der Waals surface area contributed by atoms with Gasteiger partial charge in [0, 0.05) is 18.8 Å². The maximum atomic E-state index is 12.3. The van der Waals surface area contributed by atoms with Crippen LogP contribution in [0.15, 0.2) is 29.2 Å². The van der Waals surface area contributed by atoms with Crippen molar-refractivity contribution in [3.05, 3.63) is 24.3 Å². The number of unbranched alkanes of at least 4 members (excludes halogenated alkanes) is 3. The molecule has 2 N–H and O–H groups in total. The second-order valence-corrected chi connectivity index (χ2v) is 6.31. The molecule has 20 heavy (non-hydrogen) atoms. The third kappa shape index (κ3) is 5.05. The Hall–Kier alpha value is -1.21. The van der Waals surface area contributed by atoms with E-state index in [1.165, 1.54) is 24.3 Å². The monoisotopic (exact) mass is 307 g/mol. The summed E-state index contributed by atoms with van der Waals surface area (Å²) in [5.41, 5.74) is 0.695. The second kappa shape index (κ2) is 8.16. The van der Waals surface area contributed by atoms with E-state index < -0.39 is 15.6 Å². The quantitative estimate of drug-likeness (QED) is 0.688. The number of anilines is 1. The highest BCUT2D eigenvalue weighted by Crippen LogP contribution is 2.20. The number of alkyl halides is 2. The van der Waals surface area contributed by atoms with Crippen LogP contribution in [0.3, 0.4) is 0 Å². The molecule has 114 valence electrons. The molecule has 0 radical (unpaired) electrons. The number of benzene rings is 1. The predicted molar refractivity (Wildman–Crippen MR) is 73.7 cm³/mol. The summed E-state index contributed by atoms with van der Waals surface area (Å²) in [4.78, 5) is -0.374. The van der Waals surface area contributed by atoms with E-state index in [4.69, 9.17) is 5.11 Å². The summed E-state index contributed by atoms with van der Waals surface area (Å²) < 4.78 is 47.1. The van der Waals surface area contributed by atoms with Gasteiger partial charge in [0.2, 0.25) is 9.84 Å². The first-order valence-electron chi connectivity index (χ1n) is 6.45. The van der Waals surface area contributed by atoms with E-state index in [0.717, 1.165) is 25.7 Å². The average molecular weight is 307 g/mol. The van der Waals surface area contributed by atoms with Crippen molar-refractivity contribution >= 4 is 15.5 Å². The lowest BCUT2D eigenvalue weighted by atomic mass is 10.2. The molecule has 4 nitrogen and oxygen atoms in total. The SMILES string of the molecule is O=S(=O)(c1ccc(NCCCCCCO)cc1)C(F)F. The number of halogens is 2. The van der Waals surface area contributed by atoms with Gasteiger partial charge in [-0.25, -0.2) is 8.42 Å². The van der Waals surface area contributed by atoms with Gasteiger partial charge in [-0.2, -0.15) is 8.78 Å². The zero-order valence-electron chi connectivity index (χ0n) is 11.1. The lowest BCUT2D eigenvalue weighted by Crippen LogP contribution is -2.11. The fourth-order valence-corrected chi connectivity index (χ4v) is 2.41. The minimum Gasteiger partial charge on any atom is -0.396 e. The van der Waals surface area contributed by atoms with Crippen molar-refractivity contribution in [2.45, 2.75) is 36.3 Å². The number of aliphatic hydroxyl groups is 1. The van der Waals surface area contributed by atoms with Crippen molar-refractivity contribution in [1.82, 2.24) is 0 Å². The molecular weight excluding hydrogens is 288 g/mol. The van der Waals surface area contributed by atoms with E-state index in [9.17, 15) is 17.2 Å². The van der Waals surface area contributed by atoms with Crippen LogP contribution in [0.2, 0.25) is 0 Å². The highest BCUT2D eigenvalue weighted by Gasteiger charge is 2.26. The first-order chi connectivity index (χ1) is 9.48. The molecule has 0 saturated heterocycles. The van der Waals surface area contributed by atoms with Crippen molar-refractivity contribution in [2.75, 3.05) is 18.5 Å². The molecule has 0 aliphatic heterocycles. The summed E-state index contributed by atoms with van der Waals surface area (Å²) >= 11 is 0. The smallest absolute Gasteiger partial charge is 0.341 e. The Labute approximate surface area is 117 Å². The molecule has 0 atom stereocenters. The highest BCUT2D eigenvalue weighted by molar-refractivity contribution is 7.91. The summed E-state index contributed by atoms with van der Waals surface area (Å²) in [6, 6.07) is 5.30. The van der Waals surface area contributed by atoms with Crippen LogP contribution in [-0.2, 0) is 9.84 Å². The molecule has 0 unspecified atom stereocenters. The average Bonchev–Trinajstić information content (AvgIpc) is 2.43. The lowest BCUT2D eigenvalue weighted by Gasteiger charge is -2.08. The van der Waals surface area contributed by atoms with Crippen LogP contribution in [0.25, 0.3) is 0 Å². The van der Waals surface area contributed by atoms with Gasteiger partial charge in [0.25, 0.3) is 0 Å². The van der Waals surface area contributed by atoms with E-state index in [2.05, 4.69) is 5.32 Å².